The molecule has 0 amide bonds. The quantitative estimate of drug-likeness (QED) is 0.520. The third-order valence-electron chi connectivity index (χ3n) is 4.49. The normalized spacial score (nSPS) is 11.9. The van der Waals surface area contributed by atoms with Gasteiger partial charge in [0.15, 0.2) is 0 Å². The van der Waals surface area contributed by atoms with Crippen molar-refractivity contribution < 1.29 is 9.53 Å². The number of ether oxygens (including phenoxy) is 1. The van der Waals surface area contributed by atoms with Crippen LogP contribution >= 0.6 is 0 Å². The van der Waals surface area contributed by atoms with E-state index in [2.05, 4.69) is 89.7 Å². The molecule has 0 bridgehead atoms. The fourth-order valence-corrected chi connectivity index (χ4v) is 2.67. The van der Waals surface area contributed by atoms with Gasteiger partial charge in [0.1, 0.15) is 6.61 Å². The average Bonchev–Trinajstić information content (AvgIpc) is 2.59. The van der Waals surface area contributed by atoms with Crippen molar-refractivity contribution in [2.24, 2.45) is 0 Å². The molecule has 0 saturated heterocycles. The van der Waals surface area contributed by atoms with E-state index < -0.39 is 0 Å². The zero-order valence-corrected chi connectivity index (χ0v) is 15.9. The van der Waals surface area contributed by atoms with Crippen molar-refractivity contribution in [2.45, 2.75) is 45.4 Å². The molecule has 132 valence electrons. The van der Waals surface area contributed by atoms with Crippen LogP contribution in [0.3, 0.4) is 0 Å². The molecule has 0 unspecified atom stereocenters. The Labute approximate surface area is 151 Å². The standard InChI is InChI=1S/C23H28O2/c1-7-21(24)25-16-23(5,6)20-14-10-18(11-15-20)17-8-12-19(13-9-17)22(2,3)4/h7-15H,1,16H2,2-6H3. The Balaban J connectivity index is 2.16. The predicted octanol–water partition coefficient (Wildman–Crippen LogP) is 5.66. The van der Waals surface area contributed by atoms with E-state index in [1.807, 2.05) is 0 Å². The number of benzene rings is 2. The third kappa shape index (κ3) is 4.82. The summed E-state index contributed by atoms with van der Waals surface area (Å²) in [7, 11) is 0. The van der Waals surface area contributed by atoms with Gasteiger partial charge in [0.25, 0.3) is 0 Å². The second-order valence-corrected chi connectivity index (χ2v) is 8.10. The Kier molecular flexibility index (Phi) is 5.52. The fraction of sp³-hybridized carbons (Fsp3) is 0.348. The predicted molar refractivity (Wildman–Crippen MR) is 105 cm³/mol. The first-order valence-electron chi connectivity index (χ1n) is 8.64. The van der Waals surface area contributed by atoms with E-state index >= 15 is 0 Å². The largest absolute Gasteiger partial charge is 0.462 e. The van der Waals surface area contributed by atoms with E-state index in [0.717, 1.165) is 5.56 Å². The average molecular weight is 336 g/mol. The van der Waals surface area contributed by atoms with Gasteiger partial charge < -0.3 is 4.74 Å². The molecular formula is C23H28O2. The maximum Gasteiger partial charge on any atom is 0.330 e. The van der Waals surface area contributed by atoms with Gasteiger partial charge in [0.05, 0.1) is 0 Å². The van der Waals surface area contributed by atoms with E-state index in [4.69, 9.17) is 4.74 Å². The molecule has 0 aliphatic heterocycles. The van der Waals surface area contributed by atoms with E-state index in [-0.39, 0.29) is 16.8 Å². The summed E-state index contributed by atoms with van der Waals surface area (Å²) in [6.45, 7) is 14.5. The van der Waals surface area contributed by atoms with Gasteiger partial charge in [0, 0.05) is 11.5 Å². The Hall–Kier alpha value is -2.35. The number of hydrogen-bond donors (Lipinski definition) is 0. The van der Waals surface area contributed by atoms with Crippen molar-refractivity contribution in [3.63, 3.8) is 0 Å². The van der Waals surface area contributed by atoms with Crippen LogP contribution in [0, 0.1) is 0 Å². The first-order valence-corrected chi connectivity index (χ1v) is 8.64. The zero-order chi connectivity index (χ0) is 18.7. The molecule has 0 aromatic heterocycles. The van der Waals surface area contributed by atoms with Crippen LogP contribution in [0.1, 0.15) is 45.7 Å². The van der Waals surface area contributed by atoms with Crippen molar-refractivity contribution in [1.82, 2.24) is 0 Å². The summed E-state index contributed by atoms with van der Waals surface area (Å²) in [4.78, 5) is 11.3. The van der Waals surface area contributed by atoms with E-state index in [1.54, 1.807) is 0 Å². The van der Waals surface area contributed by atoms with Gasteiger partial charge in [-0.3, -0.25) is 0 Å². The van der Waals surface area contributed by atoms with Crippen molar-refractivity contribution in [2.75, 3.05) is 6.61 Å². The van der Waals surface area contributed by atoms with E-state index in [9.17, 15) is 4.79 Å². The minimum absolute atomic E-state index is 0.162. The van der Waals surface area contributed by atoms with Crippen LogP contribution in [0.2, 0.25) is 0 Å². The van der Waals surface area contributed by atoms with Gasteiger partial charge >= 0.3 is 5.97 Å². The number of carbonyl (C=O) groups excluding carboxylic acids is 1. The topological polar surface area (TPSA) is 26.3 Å². The Morgan fingerprint density at radius 3 is 1.72 bits per heavy atom. The highest BCUT2D eigenvalue weighted by Gasteiger charge is 2.22. The first kappa shape index (κ1) is 19.0. The molecule has 0 saturated carbocycles. The molecule has 0 spiro atoms. The van der Waals surface area contributed by atoms with Gasteiger partial charge in [-0.2, -0.15) is 0 Å². The lowest BCUT2D eigenvalue weighted by atomic mass is 9.84. The maximum absolute atomic E-state index is 11.3. The lowest BCUT2D eigenvalue weighted by molar-refractivity contribution is -0.139. The summed E-state index contributed by atoms with van der Waals surface area (Å²) >= 11 is 0. The molecule has 2 nitrogen and oxygen atoms in total. The number of rotatable bonds is 5. The molecule has 0 aliphatic rings. The zero-order valence-electron chi connectivity index (χ0n) is 15.9. The molecule has 2 aromatic carbocycles. The van der Waals surface area contributed by atoms with Crippen molar-refractivity contribution in [3.05, 3.63) is 72.3 Å². The smallest absolute Gasteiger partial charge is 0.330 e. The number of carbonyl (C=O) groups is 1. The summed E-state index contributed by atoms with van der Waals surface area (Å²) in [5.41, 5.74) is 4.78. The highest BCUT2D eigenvalue weighted by atomic mass is 16.5. The van der Waals surface area contributed by atoms with Crippen LogP contribution < -0.4 is 0 Å². The van der Waals surface area contributed by atoms with E-state index in [1.165, 1.54) is 22.8 Å². The molecule has 2 rings (SSSR count). The Morgan fingerprint density at radius 2 is 1.32 bits per heavy atom. The summed E-state index contributed by atoms with van der Waals surface area (Å²) < 4.78 is 5.21. The molecule has 0 heterocycles. The van der Waals surface area contributed by atoms with Crippen LogP contribution in [0.25, 0.3) is 11.1 Å². The van der Waals surface area contributed by atoms with Gasteiger partial charge in [-0.25, -0.2) is 4.79 Å². The summed E-state index contributed by atoms with van der Waals surface area (Å²) in [5.74, 6) is -0.386. The summed E-state index contributed by atoms with van der Waals surface area (Å²) in [6, 6.07) is 17.2. The highest BCUT2D eigenvalue weighted by Crippen LogP contribution is 2.29. The van der Waals surface area contributed by atoms with Gasteiger partial charge in [-0.1, -0.05) is 89.7 Å². The number of esters is 1. The van der Waals surface area contributed by atoms with Crippen LogP contribution in [-0.2, 0) is 20.4 Å². The maximum atomic E-state index is 11.3. The van der Waals surface area contributed by atoms with Crippen LogP contribution in [0.5, 0.6) is 0 Å². The lowest BCUT2D eigenvalue weighted by Gasteiger charge is -2.25. The monoisotopic (exact) mass is 336 g/mol. The molecule has 0 aliphatic carbocycles. The molecule has 2 heteroatoms. The molecule has 0 atom stereocenters. The summed E-state index contributed by atoms with van der Waals surface area (Å²) in [5, 5.41) is 0. The van der Waals surface area contributed by atoms with Gasteiger partial charge in [-0.05, 0) is 27.7 Å². The second kappa shape index (κ2) is 7.26. The van der Waals surface area contributed by atoms with Crippen LogP contribution in [0.15, 0.2) is 61.2 Å². The van der Waals surface area contributed by atoms with Crippen molar-refractivity contribution in [1.29, 1.82) is 0 Å². The molecule has 2 aromatic rings. The summed E-state index contributed by atoms with van der Waals surface area (Å²) in [6.07, 6.45) is 1.19. The molecule has 25 heavy (non-hydrogen) atoms. The van der Waals surface area contributed by atoms with Crippen LogP contribution in [0.4, 0.5) is 0 Å². The lowest BCUT2D eigenvalue weighted by Crippen LogP contribution is -2.25. The molecule has 0 fully saturated rings. The van der Waals surface area contributed by atoms with Gasteiger partial charge in [-0.15, -0.1) is 0 Å². The van der Waals surface area contributed by atoms with Crippen molar-refractivity contribution in [3.8, 4) is 11.1 Å². The molecule has 0 N–H and O–H groups in total. The fourth-order valence-electron chi connectivity index (χ4n) is 2.67. The first-order chi connectivity index (χ1) is 11.6. The highest BCUT2D eigenvalue weighted by molar-refractivity contribution is 5.81. The molecular weight excluding hydrogens is 308 g/mol. The minimum Gasteiger partial charge on any atom is -0.462 e. The second-order valence-electron chi connectivity index (χ2n) is 8.10. The van der Waals surface area contributed by atoms with E-state index in [0.29, 0.717) is 6.61 Å². The Morgan fingerprint density at radius 1 is 0.880 bits per heavy atom. The SMILES string of the molecule is C=CC(=O)OCC(C)(C)c1ccc(-c2ccc(C(C)(C)C)cc2)cc1. The van der Waals surface area contributed by atoms with Crippen LogP contribution in [-0.4, -0.2) is 12.6 Å². The molecule has 0 radical (unpaired) electrons. The van der Waals surface area contributed by atoms with Crippen molar-refractivity contribution >= 4 is 5.97 Å². The third-order valence-corrected chi connectivity index (χ3v) is 4.49. The minimum atomic E-state index is -0.386. The Bertz CT molecular complexity index is 729. The van der Waals surface area contributed by atoms with Gasteiger partial charge in [0.2, 0.25) is 0 Å². The number of hydrogen-bond acceptors (Lipinski definition) is 2.